The fraction of sp³-hybridized carbons (Fsp3) is 0.818. The first-order chi connectivity index (χ1) is 6.33. The van der Waals surface area contributed by atoms with Crippen LogP contribution in [0.5, 0.6) is 0 Å². The third-order valence-electron chi connectivity index (χ3n) is 2.69. The van der Waals surface area contributed by atoms with Crippen molar-refractivity contribution in [1.82, 2.24) is 10.2 Å². The van der Waals surface area contributed by atoms with E-state index in [1.165, 1.54) is 6.42 Å². The SMILES string of the molecule is C#CC(CC)N(CCC)C1CNC1. The summed E-state index contributed by atoms with van der Waals surface area (Å²) in [5, 5.41) is 3.29. The van der Waals surface area contributed by atoms with E-state index >= 15 is 0 Å². The van der Waals surface area contributed by atoms with Crippen LogP contribution < -0.4 is 5.32 Å². The zero-order valence-corrected chi connectivity index (χ0v) is 8.71. The summed E-state index contributed by atoms with van der Waals surface area (Å²) >= 11 is 0. The van der Waals surface area contributed by atoms with Crippen molar-refractivity contribution in [2.45, 2.75) is 38.8 Å². The minimum absolute atomic E-state index is 0.340. The molecule has 0 spiro atoms. The molecule has 0 aliphatic carbocycles. The number of hydrogen-bond donors (Lipinski definition) is 1. The zero-order valence-electron chi connectivity index (χ0n) is 8.71. The smallest absolute Gasteiger partial charge is 0.0712 e. The van der Waals surface area contributed by atoms with Crippen LogP contribution >= 0.6 is 0 Å². The Kier molecular flexibility index (Phi) is 4.27. The summed E-state index contributed by atoms with van der Waals surface area (Å²) in [5.41, 5.74) is 0. The van der Waals surface area contributed by atoms with Gasteiger partial charge >= 0.3 is 0 Å². The molecule has 0 aromatic carbocycles. The summed E-state index contributed by atoms with van der Waals surface area (Å²) in [6.07, 6.45) is 7.77. The van der Waals surface area contributed by atoms with Gasteiger partial charge in [0.2, 0.25) is 0 Å². The van der Waals surface area contributed by atoms with Gasteiger partial charge < -0.3 is 5.32 Å². The lowest BCUT2D eigenvalue weighted by molar-refractivity contribution is 0.118. The van der Waals surface area contributed by atoms with Crippen LogP contribution in [0.25, 0.3) is 0 Å². The summed E-state index contributed by atoms with van der Waals surface area (Å²) < 4.78 is 0. The number of hydrogen-bond acceptors (Lipinski definition) is 2. The maximum atomic E-state index is 5.52. The van der Waals surface area contributed by atoms with Gasteiger partial charge in [-0.25, -0.2) is 0 Å². The van der Waals surface area contributed by atoms with Crippen molar-refractivity contribution < 1.29 is 0 Å². The van der Waals surface area contributed by atoms with Crippen molar-refractivity contribution in [1.29, 1.82) is 0 Å². The van der Waals surface area contributed by atoms with Crippen molar-refractivity contribution in [2.75, 3.05) is 19.6 Å². The molecule has 0 aromatic heterocycles. The molecule has 1 N–H and O–H groups in total. The van der Waals surface area contributed by atoms with Gasteiger partial charge in [-0.05, 0) is 19.4 Å². The van der Waals surface area contributed by atoms with Crippen LogP contribution in [-0.4, -0.2) is 36.6 Å². The summed E-state index contributed by atoms with van der Waals surface area (Å²) in [6.45, 7) is 7.73. The molecule has 1 saturated heterocycles. The van der Waals surface area contributed by atoms with Crippen molar-refractivity contribution in [3.05, 3.63) is 0 Å². The molecular formula is C11H20N2. The summed E-state index contributed by atoms with van der Waals surface area (Å²) in [7, 11) is 0. The van der Waals surface area contributed by atoms with Crippen LogP contribution in [0.2, 0.25) is 0 Å². The van der Waals surface area contributed by atoms with Gasteiger partial charge in [-0.15, -0.1) is 6.42 Å². The van der Waals surface area contributed by atoms with E-state index in [4.69, 9.17) is 6.42 Å². The van der Waals surface area contributed by atoms with Gasteiger partial charge in [0.15, 0.2) is 0 Å². The maximum Gasteiger partial charge on any atom is 0.0712 e. The lowest BCUT2D eigenvalue weighted by atomic mass is 10.1. The average molecular weight is 180 g/mol. The molecule has 0 bridgehead atoms. The zero-order chi connectivity index (χ0) is 9.68. The molecule has 0 amide bonds. The second-order valence-corrected chi connectivity index (χ2v) is 3.64. The number of nitrogens with one attached hydrogen (secondary N) is 1. The molecule has 0 saturated carbocycles. The van der Waals surface area contributed by atoms with Crippen LogP contribution in [0.4, 0.5) is 0 Å². The van der Waals surface area contributed by atoms with Crippen LogP contribution in [0, 0.1) is 12.3 Å². The molecule has 1 heterocycles. The average Bonchev–Trinajstić information content (AvgIpc) is 2.04. The molecule has 1 atom stereocenters. The van der Waals surface area contributed by atoms with Gasteiger partial charge in [0.1, 0.15) is 0 Å². The molecule has 2 nitrogen and oxygen atoms in total. The Bertz CT molecular complexity index is 179. The van der Waals surface area contributed by atoms with E-state index in [0.717, 1.165) is 26.1 Å². The third kappa shape index (κ3) is 2.46. The lowest BCUT2D eigenvalue weighted by Crippen LogP contribution is -2.59. The lowest BCUT2D eigenvalue weighted by Gasteiger charge is -2.41. The molecule has 74 valence electrons. The Labute approximate surface area is 81.7 Å². The van der Waals surface area contributed by atoms with Crippen molar-refractivity contribution >= 4 is 0 Å². The minimum atomic E-state index is 0.340. The van der Waals surface area contributed by atoms with E-state index in [2.05, 4.69) is 30.0 Å². The Balaban J connectivity index is 2.49. The Hall–Kier alpha value is -0.520. The fourth-order valence-electron chi connectivity index (χ4n) is 1.81. The van der Waals surface area contributed by atoms with Crippen LogP contribution in [0.15, 0.2) is 0 Å². The predicted octanol–water partition coefficient (Wildman–Crippen LogP) is 1.08. The second kappa shape index (κ2) is 5.26. The summed E-state index contributed by atoms with van der Waals surface area (Å²) in [6, 6.07) is 1.02. The topological polar surface area (TPSA) is 15.3 Å². The molecule has 1 unspecified atom stereocenters. The molecular weight excluding hydrogens is 160 g/mol. The summed E-state index contributed by atoms with van der Waals surface area (Å²) in [4.78, 5) is 2.47. The van der Waals surface area contributed by atoms with Crippen molar-refractivity contribution in [3.8, 4) is 12.3 Å². The van der Waals surface area contributed by atoms with Gasteiger partial charge in [0, 0.05) is 19.1 Å². The molecule has 0 aromatic rings. The second-order valence-electron chi connectivity index (χ2n) is 3.64. The Morgan fingerprint density at radius 1 is 1.54 bits per heavy atom. The van der Waals surface area contributed by atoms with Gasteiger partial charge in [0.05, 0.1) is 6.04 Å². The number of nitrogens with zero attached hydrogens (tertiary/aromatic N) is 1. The van der Waals surface area contributed by atoms with Crippen LogP contribution in [0.3, 0.4) is 0 Å². The van der Waals surface area contributed by atoms with Crippen molar-refractivity contribution in [2.24, 2.45) is 0 Å². The molecule has 1 aliphatic rings. The molecule has 2 heteroatoms. The first-order valence-corrected chi connectivity index (χ1v) is 5.26. The fourth-order valence-corrected chi connectivity index (χ4v) is 1.81. The maximum absolute atomic E-state index is 5.52. The highest BCUT2D eigenvalue weighted by Gasteiger charge is 2.27. The number of terminal acetylenes is 1. The van der Waals surface area contributed by atoms with Crippen LogP contribution in [-0.2, 0) is 0 Å². The molecule has 1 aliphatic heterocycles. The monoisotopic (exact) mass is 180 g/mol. The van der Waals surface area contributed by atoms with Crippen LogP contribution in [0.1, 0.15) is 26.7 Å². The number of rotatable bonds is 5. The Morgan fingerprint density at radius 3 is 2.54 bits per heavy atom. The van der Waals surface area contributed by atoms with Gasteiger partial charge in [-0.1, -0.05) is 19.8 Å². The molecule has 0 radical (unpaired) electrons. The Morgan fingerprint density at radius 2 is 2.23 bits per heavy atom. The van der Waals surface area contributed by atoms with E-state index < -0.39 is 0 Å². The van der Waals surface area contributed by atoms with Gasteiger partial charge in [0.25, 0.3) is 0 Å². The molecule has 1 fully saturated rings. The first-order valence-electron chi connectivity index (χ1n) is 5.26. The first kappa shape index (κ1) is 10.6. The predicted molar refractivity (Wildman–Crippen MR) is 56.6 cm³/mol. The highest BCUT2D eigenvalue weighted by Crippen LogP contribution is 2.12. The van der Waals surface area contributed by atoms with E-state index in [1.54, 1.807) is 0 Å². The third-order valence-corrected chi connectivity index (χ3v) is 2.69. The molecule has 13 heavy (non-hydrogen) atoms. The normalized spacial score (nSPS) is 19.5. The van der Waals surface area contributed by atoms with E-state index in [-0.39, 0.29) is 0 Å². The van der Waals surface area contributed by atoms with Crippen molar-refractivity contribution in [3.63, 3.8) is 0 Å². The van der Waals surface area contributed by atoms with Gasteiger partial charge in [-0.3, -0.25) is 4.90 Å². The van der Waals surface area contributed by atoms with Gasteiger partial charge in [-0.2, -0.15) is 0 Å². The van der Waals surface area contributed by atoms with E-state index in [9.17, 15) is 0 Å². The van der Waals surface area contributed by atoms with E-state index in [1.807, 2.05) is 0 Å². The van der Waals surface area contributed by atoms with E-state index in [0.29, 0.717) is 12.1 Å². The standard InChI is InChI=1S/C11H20N2/c1-4-7-13(10(5-2)6-3)11-8-12-9-11/h2,10-12H,4,6-9H2,1,3H3. The summed E-state index contributed by atoms with van der Waals surface area (Å²) in [5.74, 6) is 2.88. The molecule has 1 rings (SSSR count). The highest BCUT2D eigenvalue weighted by atomic mass is 15.2. The largest absolute Gasteiger partial charge is 0.314 e. The minimum Gasteiger partial charge on any atom is -0.314 e. The highest BCUT2D eigenvalue weighted by molar-refractivity contribution is 5.02. The quantitative estimate of drug-likeness (QED) is 0.637.